The van der Waals surface area contributed by atoms with E-state index in [0.717, 1.165) is 19.6 Å². The molecule has 0 aliphatic carbocycles. The second-order valence-electron chi connectivity index (χ2n) is 5.11. The molecule has 1 aromatic heterocycles. The molecule has 17 heavy (non-hydrogen) atoms. The monoisotopic (exact) mass is 257 g/mol. The molecule has 0 spiro atoms. The van der Waals surface area contributed by atoms with E-state index in [-0.39, 0.29) is 11.4 Å². The summed E-state index contributed by atoms with van der Waals surface area (Å²) in [6.45, 7) is 6.73. The van der Waals surface area contributed by atoms with Crippen LogP contribution in [0, 0.1) is 5.82 Å². The lowest BCUT2D eigenvalue weighted by Gasteiger charge is -2.45. The van der Waals surface area contributed by atoms with Gasteiger partial charge in [-0.1, -0.05) is 11.6 Å². The van der Waals surface area contributed by atoms with Gasteiger partial charge in [-0.15, -0.1) is 0 Å². The number of pyridine rings is 1. The molecule has 0 aromatic carbocycles. The molecule has 1 aliphatic heterocycles. The van der Waals surface area contributed by atoms with Crippen molar-refractivity contribution in [3.05, 3.63) is 23.1 Å². The Morgan fingerprint density at radius 1 is 1.41 bits per heavy atom. The maximum atomic E-state index is 13.8. The molecule has 5 heteroatoms. The van der Waals surface area contributed by atoms with Crippen LogP contribution in [0.15, 0.2) is 12.3 Å². The van der Waals surface area contributed by atoms with Crippen molar-refractivity contribution in [3.63, 3.8) is 0 Å². The highest BCUT2D eigenvalue weighted by Gasteiger charge is 2.32. The second kappa shape index (κ2) is 4.42. The molecule has 1 aromatic rings. The molecular weight excluding hydrogens is 241 g/mol. The molecule has 1 fully saturated rings. The van der Waals surface area contributed by atoms with Crippen LogP contribution in [-0.4, -0.2) is 42.1 Å². The van der Waals surface area contributed by atoms with Gasteiger partial charge in [0.15, 0.2) is 11.6 Å². The van der Waals surface area contributed by atoms with E-state index in [9.17, 15) is 4.39 Å². The predicted octanol–water partition coefficient (Wildman–Crippen LogP) is 2.40. The van der Waals surface area contributed by atoms with Gasteiger partial charge in [0, 0.05) is 31.4 Å². The predicted molar refractivity (Wildman–Crippen MR) is 68.1 cm³/mol. The molecule has 2 rings (SSSR count). The summed E-state index contributed by atoms with van der Waals surface area (Å²) in [5.41, 5.74) is 0.0198. The number of likely N-dealkylation sites (N-methyl/N-ethyl adjacent to an activating group) is 1. The Morgan fingerprint density at radius 2 is 2.12 bits per heavy atom. The Bertz CT molecular complexity index is 422. The third-order valence-corrected chi connectivity index (χ3v) is 3.61. The van der Waals surface area contributed by atoms with E-state index in [1.54, 1.807) is 0 Å². The van der Waals surface area contributed by atoms with Gasteiger partial charge in [0.25, 0.3) is 0 Å². The summed E-state index contributed by atoms with van der Waals surface area (Å²) in [5, 5.41) is 0.333. The topological polar surface area (TPSA) is 19.4 Å². The molecule has 94 valence electrons. The van der Waals surface area contributed by atoms with Gasteiger partial charge in [0.2, 0.25) is 0 Å². The van der Waals surface area contributed by atoms with E-state index in [2.05, 4.69) is 30.8 Å². The van der Waals surface area contributed by atoms with Crippen LogP contribution in [0.2, 0.25) is 5.02 Å². The van der Waals surface area contributed by atoms with Crippen molar-refractivity contribution >= 4 is 17.4 Å². The fraction of sp³-hybridized carbons (Fsp3) is 0.583. The normalized spacial score (nSPS) is 20.6. The third kappa shape index (κ3) is 2.53. The van der Waals surface area contributed by atoms with Crippen molar-refractivity contribution in [3.8, 4) is 0 Å². The first-order valence-electron chi connectivity index (χ1n) is 5.67. The molecule has 0 bridgehead atoms. The van der Waals surface area contributed by atoms with Gasteiger partial charge in [-0.25, -0.2) is 9.37 Å². The fourth-order valence-electron chi connectivity index (χ4n) is 2.06. The van der Waals surface area contributed by atoms with Crippen LogP contribution < -0.4 is 4.90 Å². The highest BCUT2D eigenvalue weighted by Crippen LogP contribution is 2.25. The van der Waals surface area contributed by atoms with Crippen molar-refractivity contribution in [1.29, 1.82) is 0 Å². The summed E-state index contributed by atoms with van der Waals surface area (Å²) in [5.74, 6) is 0.0495. The first kappa shape index (κ1) is 12.6. The number of hydrogen-bond acceptors (Lipinski definition) is 3. The summed E-state index contributed by atoms with van der Waals surface area (Å²) in [6, 6.07) is 1.31. The van der Waals surface area contributed by atoms with Gasteiger partial charge >= 0.3 is 0 Å². The molecule has 0 amide bonds. The molecule has 2 heterocycles. The van der Waals surface area contributed by atoms with Gasteiger partial charge in [0.1, 0.15) is 0 Å². The SMILES string of the molecule is CN1CCN(c2ncc(Cl)cc2F)CC1(C)C. The maximum Gasteiger partial charge on any atom is 0.167 e. The van der Waals surface area contributed by atoms with Gasteiger partial charge in [-0.2, -0.15) is 0 Å². The van der Waals surface area contributed by atoms with Crippen molar-refractivity contribution in [2.45, 2.75) is 19.4 Å². The minimum atomic E-state index is -0.349. The van der Waals surface area contributed by atoms with E-state index in [1.165, 1.54) is 12.3 Å². The smallest absolute Gasteiger partial charge is 0.167 e. The first-order valence-corrected chi connectivity index (χ1v) is 6.05. The van der Waals surface area contributed by atoms with E-state index in [4.69, 9.17) is 11.6 Å². The van der Waals surface area contributed by atoms with E-state index >= 15 is 0 Å². The molecule has 0 atom stereocenters. The van der Waals surface area contributed by atoms with Gasteiger partial charge in [-0.05, 0) is 27.0 Å². The minimum absolute atomic E-state index is 0.0198. The molecule has 0 radical (unpaired) electrons. The van der Waals surface area contributed by atoms with Crippen LogP contribution in [0.3, 0.4) is 0 Å². The van der Waals surface area contributed by atoms with Gasteiger partial charge in [-0.3, -0.25) is 4.90 Å². The van der Waals surface area contributed by atoms with Crippen molar-refractivity contribution in [2.75, 3.05) is 31.6 Å². The zero-order chi connectivity index (χ0) is 12.6. The summed E-state index contributed by atoms with van der Waals surface area (Å²) < 4.78 is 13.8. The lowest BCUT2D eigenvalue weighted by Crippen LogP contribution is -2.58. The lowest BCUT2D eigenvalue weighted by molar-refractivity contribution is 0.138. The molecule has 1 saturated heterocycles. The number of rotatable bonds is 1. The number of aromatic nitrogens is 1. The number of halogens is 2. The van der Waals surface area contributed by atoms with Gasteiger partial charge in [0.05, 0.1) is 5.02 Å². The highest BCUT2D eigenvalue weighted by molar-refractivity contribution is 6.30. The Kier molecular flexibility index (Phi) is 3.27. The summed E-state index contributed by atoms with van der Waals surface area (Å²) in [4.78, 5) is 8.35. The van der Waals surface area contributed by atoms with Crippen molar-refractivity contribution in [1.82, 2.24) is 9.88 Å². The standard InChI is InChI=1S/C12H17ClFN3/c1-12(2)8-17(5-4-16(12)3)11-10(14)6-9(13)7-15-11/h6-7H,4-5,8H2,1-3H3. The lowest BCUT2D eigenvalue weighted by atomic mass is 10.00. The van der Waals surface area contributed by atoms with Crippen molar-refractivity contribution < 1.29 is 4.39 Å². The number of hydrogen-bond donors (Lipinski definition) is 0. The third-order valence-electron chi connectivity index (χ3n) is 3.40. The average molecular weight is 258 g/mol. The summed E-state index contributed by atoms with van der Waals surface area (Å²) in [6.07, 6.45) is 1.49. The maximum absolute atomic E-state index is 13.8. The summed E-state index contributed by atoms with van der Waals surface area (Å²) >= 11 is 5.71. The number of piperazine rings is 1. The van der Waals surface area contributed by atoms with Crippen LogP contribution in [-0.2, 0) is 0 Å². The Hall–Kier alpha value is -0.870. The summed E-state index contributed by atoms with van der Waals surface area (Å²) in [7, 11) is 2.09. The van der Waals surface area contributed by atoms with Crippen LogP contribution in [0.4, 0.5) is 10.2 Å². The highest BCUT2D eigenvalue weighted by atomic mass is 35.5. The Balaban J connectivity index is 2.24. The molecular formula is C12H17ClFN3. The van der Waals surface area contributed by atoms with Crippen LogP contribution in [0.1, 0.15) is 13.8 Å². The minimum Gasteiger partial charge on any atom is -0.351 e. The number of anilines is 1. The molecule has 0 N–H and O–H groups in total. The Labute approximate surface area is 106 Å². The second-order valence-corrected chi connectivity index (χ2v) is 5.55. The van der Waals surface area contributed by atoms with Crippen LogP contribution in [0.25, 0.3) is 0 Å². The molecule has 0 unspecified atom stereocenters. The van der Waals surface area contributed by atoms with E-state index in [0.29, 0.717) is 10.8 Å². The van der Waals surface area contributed by atoms with Crippen LogP contribution >= 0.6 is 11.6 Å². The quantitative estimate of drug-likeness (QED) is 0.770. The largest absolute Gasteiger partial charge is 0.351 e. The molecule has 3 nitrogen and oxygen atoms in total. The fourth-order valence-corrected chi connectivity index (χ4v) is 2.21. The molecule has 0 saturated carbocycles. The van der Waals surface area contributed by atoms with E-state index in [1.807, 2.05) is 4.90 Å². The average Bonchev–Trinajstić information content (AvgIpc) is 2.22. The van der Waals surface area contributed by atoms with Crippen LogP contribution in [0.5, 0.6) is 0 Å². The van der Waals surface area contributed by atoms with E-state index < -0.39 is 0 Å². The number of nitrogens with zero attached hydrogens (tertiary/aromatic N) is 3. The van der Waals surface area contributed by atoms with Gasteiger partial charge < -0.3 is 4.90 Å². The first-order chi connectivity index (χ1) is 7.90. The Morgan fingerprint density at radius 3 is 2.71 bits per heavy atom. The zero-order valence-corrected chi connectivity index (χ0v) is 11.1. The van der Waals surface area contributed by atoms with Crippen molar-refractivity contribution in [2.24, 2.45) is 0 Å². The zero-order valence-electron chi connectivity index (χ0n) is 10.4. The molecule has 1 aliphatic rings.